The summed E-state index contributed by atoms with van der Waals surface area (Å²) in [5, 5.41) is 7.21. The van der Waals surface area contributed by atoms with Crippen LogP contribution in [0.3, 0.4) is 0 Å². The Kier molecular flexibility index (Phi) is 1.54. The van der Waals surface area contributed by atoms with E-state index in [2.05, 4.69) is 10.2 Å². The van der Waals surface area contributed by atoms with Crippen LogP contribution < -0.4 is 5.73 Å². The van der Waals surface area contributed by atoms with Gasteiger partial charge in [-0.1, -0.05) is 0 Å². The van der Waals surface area contributed by atoms with Crippen LogP contribution in [0.25, 0.3) is 0 Å². The average molecular weight is 109 g/mol. The van der Waals surface area contributed by atoms with Crippen molar-refractivity contribution in [1.29, 1.82) is 0 Å². The second-order valence-electron chi connectivity index (χ2n) is 1.45. The van der Waals surface area contributed by atoms with E-state index in [9.17, 15) is 0 Å². The molecule has 1 aromatic heterocycles. The summed E-state index contributed by atoms with van der Waals surface area (Å²) in [6.45, 7) is 0.537. The summed E-state index contributed by atoms with van der Waals surface area (Å²) < 4.78 is 0. The highest BCUT2D eigenvalue weighted by Crippen LogP contribution is 1.88. The van der Waals surface area contributed by atoms with E-state index in [1.807, 2.05) is 6.07 Å². The molecule has 0 spiro atoms. The third kappa shape index (κ3) is 1.01. The Morgan fingerprint density at radius 2 is 2.38 bits per heavy atom. The maximum atomic E-state index is 5.28. The molecule has 0 radical (unpaired) electrons. The Labute approximate surface area is 47.5 Å². The van der Waals surface area contributed by atoms with Gasteiger partial charge in [-0.3, -0.25) is 0 Å². The first kappa shape index (κ1) is 5.18. The van der Waals surface area contributed by atoms with E-state index in [0.29, 0.717) is 6.54 Å². The predicted molar refractivity (Wildman–Crippen MR) is 29.9 cm³/mol. The molecule has 0 saturated heterocycles. The van der Waals surface area contributed by atoms with Gasteiger partial charge in [0.15, 0.2) is 0 Å². The van der Waals surface area contributed by atoms with Gasteiger partial charge in [0.05, 0.1) is 6.20 Å². The van der Waals surface area contributed by atoms with Gasteiger partial charge in [-0.15, -0.1) is 0 Å². The van der Waals surface area contributed by atoms with Crippen molar-refractivity contribution in [3.05, 3.63) is 24.0 Å². The lowest BCUT2D eigenvalue weighted by Gasteiger charge is -1.88. The number of rotatable bonds is 1. The second kappa shape index (κ2) is 2.37. The van der Waals surface area contributed by atoms with Crippen LogP contribution in [0.5, 0.6) is 0 Å². The number of hydrogen-bond acceptors (Lipinski definition) is 3. The molecule has 1 heterocycles. The van der Waals surface area contributed by atoms with Crippen LogP contribution in [-0.2, 0) is 6.54 Å². The minimum Gasteiger partial charge on any atom is -0.326 e. The zero-order chi connectivity index (χ0) is 5.82. The molecule has 0 aliphatic carbocycles. The van der Waals surface area contributed by atoms with Crippen LogP contribution in [0.1, 0.15) is 5.56 Å². The summed E-state index contributed by atoms with van der Waals surface area (Å²) >= 11 is 0. The second-order valence-corrected chi connectivity index (χ2v) is 1.45. The Morgan fingerprint density at radius 1 is 1.50 bits per heavy atom. The topological polar surface area (TPSA) is 51.8 Å². The molecule has 0 amide bonds. The molecule has 0 aliphatic heterocycles. The molecule has 2 N–H and O–H groups in total. The van der Waals surface area contributed by atoms with Gasteiger partial charge in [-0.25, -0.2) is 0 Å². The third-order valence-corrected chi connectivity index (χ3v) is 0.881. The molecular formula is C5H7N3. The highest BCUT2D eigenvalue weighted by atomic mass is 15.1. The molecule has 0 fully saturated rings. The van der Waals surface area contributed by atoms with E-state index in [1.165, 1.54) is 0 Å². The van der Waals surface area contributed by atoms with Crippen molar-refractivity contribution >= 4 is 0 Å². The van der Waals surface area contributed by atoms with Crippen LogP contribution in [-0.4, -0.2) is 10.2 Å². The van der Waals surface area contributed by atoms with E-state index >= 15 is 0 Å². The molecule has 0 unspecified atom stereocenters. The summed E-state index contributed by atoms with van der Waals surface area (Å²) in [6, 6.07) is 1.84. The Morgan fingerprint density at radius 3 is 2.75 bits per heavy atom. The normalized spacial score (nSPS) is 9.12. The van der Waals surface area contributed by atoms with Crippen molar-refractivity contribution in [1.82, 2.24) is 10.2 Å². The number of nitrogens with two attached hydrogens (primary N) is 1. The zero-order valence-corrected chi connectivity index (χ0v) is 4.41. The Hall–Kier alpha value is -0.960. The third-order valence-electron chi connectivity index (χ3n) is 0.881. The van der Waals surface area contributed by atoms with Crippen molar-refractivity contribution in [3.8, 4) is 0 Å². The maximum absolute atomic E-state index is 5.28. The Balaban J connectivity index is 2.83. The number of aromatic nitrogens is 2. The van der Waals surface area contributed by atoms with Gasteiger partial charge < -0.3 is 5.73 Å². The van der Waals surface area contributed by atoms with E-state index in [1.54, 1.807) is 12.4 Å². The minimum absolute atomic E-state index is 0.537. The lowest BCUT2D eigenvalue weighted by atomic mass is 10.3. The highest BCUT2D eigenvalue weighted by molar-refractivity contribution is 5.03. The van der Waals surface area contributed by atoms with Gasteiger partial charge in [-0.2, -0.15) is 10.2 Å². The zero-order valence-electron chi connectivity index (χ0n) is 4.41. The molecule has 0 aromatic carbocycles. The van der Waals surface area contributed by atoms with Crippen molar-refractivity contribution in [2.75, 3.05) is 0 Å². The standard InChI is InChI=1S/C5H7N3/c6-3-5-1-2-7-8-4-5/h1-2,4H,3,6H2. The summed E-state index contributed by atoms with van der Waals surface area (Å²) in [5.74, 6) is 0. The van der Waals surface area contributed by atoms with Crippen LogP contribution >= 0.6 is 0 Å². The molecule has 1 aromatic rings. The lowest BCUT2D eigenvalue weighted by molar-refractivity contribution is 0.966. The summed E-state index contributed by atoms with van der Waals surface area (Å²) in [6.07, 6.45) is 3.28. The van der Waals surface area contributed by atoms with Crippen molar-refractivity contribution in [2.24, 2.45) is 5.73 Å². The van der Waals surface area contributed by atoms with E-state index in [4.69, 9.17) is 5.73 Å². The van der Waals surface area contributed by atoms with Gasteiger partial charge in [0.2, 0.25) is 0 Å². The smallest absolute Gasteiger partial charge is 0.0541 e. The molecule has 3 heteroatoms. The van der Waals surface area contributed by atoms with Gasteiger partial charge >= 0.3 is 0 Å². The first-order valence-electron chi connectivity index (χ1n) is 2.39. The van der Waals surface area contributed by atoms with Crippen LogP contribution in [0.4, 0.5) is 0 Å². The molecule has 1 rings (SSSR count). The summed E-state index contributed by atoms with van der Waals surface area (Å²) in [7, 11) is 0. The molecular weight excluding hydrogens is 102 g/mol. The van der Waals surface area contributed by atoms with Crippen molar-refractivity contribution < 1.29 is 0 Å². The molecule has 8 heavy (non-hydrogen) atoms. The first-order chi connectivity index (χ1) is 3.93. The average Bonchev–Trinajstić information content (AvgIpc) is 1.90. The molecule has 0 atom stereocenters. The van der Waals surface area contributed by atoms with Gasteiger partial charge in [-0.05, 0) is 11.6 Å². The molecule has 0 bridgehead atoms. The van der Waals surface area contributed by atoms with Gasteiger partial charge in [0.1, 0.15) is 0 Å². The minimum atomic E-state index is 0.537. The fourth-order valence-electron chi connectivity index (χ4n) is 0.439. The van der Waals surface area contributed by atoms with Crippen molar-refractivity contribution in [3.63, 3.8) is 0 Å². The van der Waals surface area contributed by atoms with Gasteiger partial charge in [0.25, 0.3) is 0 Å². The lowest BCUT2D eigenvalue weighted by Crippen LogP contribution is -1.96. The fourth-order valence-corrected chi connectivity index (χ4v) is 0.439. The molecule has 0 aliphatic rings. The monoisotopic (exact) mass is 109 g/mol. The van der Waals surface area contributed by atoms with Crippen LogP contribution in [0.15, 0.2) is 18.5 Å². The largest absolute Gasteiger partial charge is 0.326 e. The summed E-state index contributed by atoms with van der Waals surface area (Å²) in [5.41, 5.74) is 6.30. The SMILES string of the molecule is NCc1ccnnc1. The van der Waals surface area contributed by atoms with Crippen LogP contribution in [0.2, 0.25) is 0 Å². The van der Waals surface area contributed by atoms with Gasteiger partial charge in [0, 0.05) is 12.7 Å². The molecule has 42 valence electrons. The highest BCUT2D eigenvalue weighted by Gasteiger charge is 1.82. The number of hydrogen-bond donors (Lipinski definition) is 1. The maximum Gasteiger partial charge on any atom is 0.0541 e. The van der Waals surface area contributed by atoms with E-state index in [0.717, 1.165) is 5.56 Å². The quantitative estimate of drug-likeness (QED) is 0.549. The van der Waals surface area contributed by atoms with E-state index < -0.39 is 0 Å². The number of nitrogens with zero attached hydrogens (tertiary/aromatic N) is 2. The molecule has 0 saturated carbocycles. The van der Waals surface area contributed by atoms with Crippen molar-refractivity contribution in [2.45, 2.75) is 6.54 Å². The fraction of sp³-hybridized carbons (Fsp3) is 0.200. The Bertz CT molecular complexity index is 149. The predicted octanol–water partition coefficient (Wildman–Crippen LogP) is -0.0647. The molecule has 3 nitrogen and oxygen atoms in total. The first-order valence-corrected chi connectivity index (χ1v) is 2.39. The van der Waals surface area contributed by atoms with Crippen LogP contribution in [0, 0.1) is 0 Å². The summed E-state index contributed by atoms with van der Waals surface area (Å²) in [4.78, 5) is 0. The van der Waals surface area contributed by atoms with E-state index in [-0.39, 0.29) is 0 Å².